The second-order valence-corrected chi connectivity index (χ2v) is 7.48. The van der Waals surface area contributed by atoms with Crippen LogP contribution in [0.15, 0.2) is 12.3 Å². The van der Waals surface area contributed by atoms with Crippen LogP contribution >= 0.6 is 0 Å². The number of hydrogen-bond donors (Lipinski definition) is 1. The van der Waals surface area contributed by atoms with Crippen molar-refractivity contribution < 1.29 is 0 Å². The largest absolute Gasteiger partial charge is 0.308 e. The highest BCUT2D eigenvalue weighted by molar-refractivity contribution is 5.21. The minimum Gasteiger partial charge on any atom is -0.308 e. The minimum atomic E-state index is 0.553. The Morgan fingerprint density at radius 1 is 1.24 bits per heavy atom. The smallest absolute Gasteiger partial charge is 0.0556 e. The topological polar surface area (TPSA) is 29.9 Å². The highest BCUT2D eigenvalue weighted by Crippen LogP contribution is 2.72. The van der Waals surface area contributed by atoms with Gasteiger partial charge < -0.3 is 5.32 Å². The number of nitrogens with zero attached hydrogens (tertiary/aromatic N) is 2. The van der Waals surface area contributed by atoms with Crippen molar-refractivity contribution >= 4 is 0 Å². The number of aryl methyl sites for hydroxylation is 1. The summed E-state index contributed by atoms with van der Waals surface area (Å²) in [6, 6.07) is 2.82. The summed E-state index contributed by atoms with van der Waals surface area (Å²) in [5, 5.41) is 8.44. The highest BCUT2D eigenvalue weighted by atomic mass is 15.3. The Morgan fingerprint density at radius 3 is 2.67 bits per heavy atom. The maximum Gasteiger partial charge on any atom is 0.0556 e. The zero-order valence-corrected chi connectivity index (χ0v) is 13.5. The normalized spacial score (nSPS) is 37.7. The molecule has 5 unspecified atom stereocenters. The highest BCUT2D eigenvalue weighted by Gasteiger charge is 2.67. The Balaban J connectivity index is 1.56. The fourth-order valence-corrected chi connectivity index (χ4v) is 5.58. The minimum absolute atomic E-state index is 0.553. The van der Waals surface area contributed by atoms with Crippen LogP contribution in [-0.4, -0.2) is 16.3 Å². The molecular formula is C18H29N3. The van der Waals surface area contributed by atoms with Gasteiger partial charge in [0.05, 0.1) is 11.7 Å². The third-order valence-corrected chi connectivity index (χ3v) is 6.30. The first-order chi connectivity index (χ1) is 10.3. The molecule has 0 amide bonds. The second-order valence-electron chi connectivity index (χ2n) is 7.48. The molecule has 3 aliphatic rings. The molecule has 0 aromatic carbocycles. The van der Waals surface area contributed by atoms with Gasteiger partial charge in [-0.15, -0.1) is 0 Å². The van der Waals surface area contributed by atoms with Crippen molar-refractivity contribution in [3.8, 4) is 0 Å². The maximum absolute atomic E-state index is 4.57. The zero-order valence-electron chi connectivity index (χ0n) is 13.5. The van der Waals surface area contributed by atoms with E-state index in [2.05, 4.69) is 35.0 Å². The molecule has 0 saturated heterocycles. The lowest BCUT2D eigenvalue weighted by Crippen LogP contribution is -2.28. The molecular weight excluding hydrogens is 258 g/mol. The van der Waals surface area contributed by atoms with Crippen LogP contribution in [0.4, 0.5) is 0 Å². The van der Waals surface area contributed by atoms with Gasteiger partial charge in [-0.3, -0.25) is 4.68 Å². The van der Waals surface area contributed by atoms with E-state index >= 15 is 0 Å². The fraction of sp³-hybridized carbons (Fsp3) is 0.833. The standard InChI is InChI=1S/C18H29N3/c1-3-8-19-18(14-7-9-20-21(14)10-4-2)17-15-12-5-6-13(11-12)16(15)17/h7,9,12-13,15-19H,3-6,8,10-11H2,1-2H3. The van der Waals surface area contributed by atoms with Gasteiger partial charge in [0.2, 0.25) is 0 Å². The van der Waals surface area contributed by atoms with Gasteiger partial charge in [0, 0.05) is 12.7 Å². The summed E-state index contributed by atoms with van der Waals surface area (Å²) in [6.45, 7) is 6.70. The lowest BCUT2D eigenvalue weighted by Gasteiger charge is -2.23. The molecule has 0 aliphatic heterocycles. The molecule has 2 bridgehead atoms. The molecule has 1 heterocycles. The molecule has 21 heavy (non-hydrogen) atoms. The Labute approximate surface area is 128 Å². The van der Waals surface area contributed by atoms with E-state index in [-0.39, 0.29) is 0 Å². The van der Waals surface area contributed by atoms with E-state index in [1.54, 1.807) is 6.42 Å². The van der Waals surface area contributed by atoms with Crippen LogP contribution in [0.3, 0.4) is 0 Å². The van der Waals surface area contributed by atoms with Crippen molar-refractivity contribution in [3.63, 3.8) is 0 Å². The summed E-state index contributed by atoms with van der Waals surface area (Å²) in [4.78, 5) is 0. The summed E-state index contributed by atoms with van der Waals surface area (Å²) >= 11 is 0. The number of fused-ring (bicyclic) bond motifs is 5. The van der Waals surface area contributed by atoms with Crippen molar-refractivity contribution in [2.24, 2.45) is 29.6 Å². The zero-order chi connectivity index (χ0) is 14.4. The molecule has 4 rings (SSSR count). The quantitative estimate of drug-likeness (QED) is 0.830. The first-order valence-electron chi connectivity index (χ1n) is 9.10. The number of hydrogen-bond acceptors (Lipinski definition) is 2. The van der Waals surface area contributed by atoms with Crippen molar-refractivity contribution in [2.45, 2.75) is 58.5 Å². The second kappa shape index (κ2) is 5.42. The summed E-state index contributed by atoms with van der Waals surface area (Å²) in [6.07, 6.45) is 8.94. The fourth-order valence-electron chi connectivity index (χ4n) is 5.58. The molecule has 0 spiro atoms. The van der Waals surface area contributed by atoms with Crippen molar-refractivity contribution in [1.82, 2.24) is 15.1 Å². The molecule has 3 saturated carbocycles. The average molecular weight is 287 g/mol. The Kier molecular flexibility index (Phi) is 3.56. The van der Waals surface area contributed by atoms with Gasteiger partial charge in [0.15, 0.2) is 0 Å². The van der Waals surface area contributed by atoms with Gasteiger partial charge in [-0.25, -0.2) is 0 Å². The lowest BCUT2D eigenvalue weighted by atomic mass is 9.95. The number of nitrogens with one attached hydrogen (secondary N) is 1. The van der Waals surface area contributed by atoms with E-state index in [1.165, 1.54) is 25.0 Å². The SMILES string of the molecule is CCCNC(c1ccnn1CCC)C1C2C3CCC(C3)C21. The van der Waals surface area contributed by atoms with Gasteiger partial charge in [-0.2, -0.15) is 5.10 Å². The summed E-state index contributed by atoms with van der Waals surface area (Å²) in [5.74, 6) is 5.07. The molecule has 3 aliphatic carbocycles. The van der Waals surface area contributed by atoms with E-state index in [0.717, 1.165) is 49.1 Å². The predicted molar refractivity (Wildman–Crippen MR) is 84.9 cm³/mol. The van der Waals surface area contributed by atoms with Crippen LogP contribution in [0.1, 0.15) is 57.7 Å². The molecule has 0 radical (unpaired) electrons. The number of aromatic nitrogens is 2. The summed E-state index contributed by atoms with van der Waals surface area (Å²) in [7, 11) is 0. The van der Waals surface area contributed by atoms with Crippen LogP contribution in [0.25, 0.3) is 0 Å². The maximum atomic E-state index is 4.57. The van der Waals surface area contributed by atoms with Crippen LogP contribution in [-0.2, 0) is 6.54 Å². The van der Waals surface area contributed by atoms with E-state index < -0.39 is 0 Å². The predicted octanol–water partition coefficient (Wildman–Crippen LogP) is 3.63. The summed E-state index contributed by atoms with van der Waals surface area (Å²) in [5.41, 5.74) is 1.45. The van der Waals surface area contributed by atoms with Gasteiger partial charge in [0.25, 0.3) is 0 Å². The van der Waals surface area contributed by atoms with E-state index in [9.17, 15) is 0 Å². The molecule has 5 atom stereocenters. The Hall–Kier alpha value is -0.830. The molecule has 3 nitrogen and oxygen atoms in total. The van der Waals surface area contributed by atoms with Gasteiger partial charge in [0.1, 0.15) is 0 Å². The van der Waals surface area contributed by atoms with Gasteiger partial charge in [-0.1, -0.05) is 13.8 Å². The van der Waals surface area contributed by atoms with Crippen LogP contribution < -0.4 is 5.32 Å². The van der Waals surface area contributed by atoms with Crippen LogP contribution in [0.2, 0.25) is 0 Å². The monoisotopic (exact) mass is 287 g/mol. The molecule has 3 fully saturated rings. The van der Waals surface area contributed by atoms with Gasteiger partial charge >= 0.3 is 0 Å². The number of rotatable bonds is 7. The van der Waals surface area contributed by atoms with Crippen molar-refractivity contribution in [2.75, 3.05) is 6.54 Å². The first-order valence-corrected chi connectivity index (χ1v) is 9.10. The van der Waals surface area contributed by atoms with E-state index in [4.69, 9.17) is 0 Å². The molecule has 1 N–H and O–H groups in total. The molecule has 116 valence electrons. The Morgan fingerprint density at radius 2 is 2.00 bits per heavy atom. The first kappa shape index (κ1) is 13.8. The van der Waals surface area contributed by atoms with E-state index in [1.807, 2.05) is 6.20 Å². The van der Waals surface area contributed by atoms with E-state index in [0.29, 0.717) is 6.04 Å². The molecule has 1 aromatic rings. The Bertz CT molecular complexity index is 478. The molecule has 3 heteroatoms. The van der Waals surface area contributed by atoms with Crippen LogP contribution in [0, 0.1) is 29.6 Å². The van der Waals surface area contributed by atoms with Gasteiger partial charge in [-0.05, 0) is 74.3 Å². The third kappa shape index (κ3) is 2.16. The van der Waals surface area contributed by atoms with Crippen molar-refractivity contribution in [1.29, 1.82) is 0 Å². The van der Waals surface area contributed by atoms with Crippen molar-refractivity contribution in [3.05, 3.63) is 18.0 Å². The molecule has 1 aromatic heterocycles. The average Bonchev–Trinajstić information content (AvgIpc) is 2.87. The van der Waals surface area contributed by atoms with Crippen LogP contribution in [0.5, 0.6) is 0 Å². The lowest BCUT2D eigenvalue weighted by molar-refractivity contribution is 0.351. The third-order valence-electron chi connectivity index (χ3n) is 6.30. The summed E-state index contributed by atoms with van der Waals surface area (Å²) < 4.78 is 2.25.